The lowest BCUT2D eigenvalue weighted by molar-refractivity contribution is -0.138. The van der Waals surface area contributed by atoms with Gasteiger partial charge in [0.05, 0.1) is 7.11 Å². The van der Waals surface area contributed by atoms with Gasteiger partial charge >= 0.3 is 17.9 Å². The minimum atomic E-state index is -4.05. The van der Waals surface area contributed by atoms with E-state index in [2.05, 4.69) is 29.2 Å². The fraction of sp³-hybridized carbons (Fsp3) is 0.308. The van der Waals surface area contributed by atoms with Gasteiger partial charge in [-0.2, -0.15) is 8.42 Å². The maximum Gasteiger partial charge on any atom is 0.333 e. The van der Waals surface area contributed by atoms with Gasteiger partial charge < -0.3 is 14.6 Å². The van der Waals surface area contributed by atoms with Crippen LogP contribution in [0.2, 0.25) is 0 Å². The SMILES string of the molecule is C=C(C)C(=O)OCCS(=O)(=O)O.C=CC(=O)O.C=CC(=O)OC. The summed E-state index contributed by atoms with van der Waals surface area (Å²) in [7, 11) is -2.74. The van der Waals surface area contributed by atoms with Crippen molar-refractivity contribution in [1.29, 1.82) is 0 Å². The minimum absolute atomic E-state index is 0.185. The van der Waals surface area contributed by atoms with E-state index in [1.165, 1.54) is 14.0 Å². The van der Waals surface area contributed by atoms with Crippen LogP contribution in [0.25, 0.3) is 0 Å². The van der Waals surface area contributed by atoms with E-state index in [9.17, 15) is 22.8 Å². The lowest BCUT2D eigenvalue weighted by Gasteiger charge is -2.01. The lowest BCUT2D eigenvalue weighted by Crippen LogP contribution is -2.14. The van der Waals surface area contributed by atoms with Gasteiger partial charge in [0.1, 0.15) is 12.4 Å². The Morgan fingerprint density at radius 2 is 1.61 bits per heavy atom. The van der Waals surface area contributed by atoms with Crippen LogP contribution in [0, 0.1) is 0 Å². The van der Waals surface area contributed by atoms with Crippen LogP contribution in [0.15, 0.2) is 37.5 Å². The molecule has 0 aromatic heterocycles. The van der Waals surface area contributed by atoms with Gasteiger partial charge in [-0.1, -0.05) is 19.7 Å². The number of ether oxygens (including phenoxy) is 2. The molecule has 0 aromatic carbocycles. The second kappa shape index (κ2) is 14.5. The number of carbonyl (C=O) groups excluding carboxylic acids is 2. The average molecular weight is 352 g/mol. The fourth-order valence-electron chi connectivity index (χ4n) is 0.446. The second-order valence-corrected chi connectivity index (χ2v) is 5.04. The molecule has 0 unspecified atom stereocenters. The largest absolute Gasteiger partial charge is 0.478 e. The molecule has 0 amide bonds. The highest BCUT2D eigenvalue weighted by atomic mass is 32.2. The Bertz CT molecular complexity index is 532. The van der Waals surface area contributed by atoms with Crippen LogP contribution in [-0.4, -0.2) is 55.5 Å². The third-order valence-corrected chi connectivity index (χ3v) is 2.15. The second-order valence-electron chi connectivity index (χ2n) is 3.47. The Morgan fingerprint density at radius 3 is 1.78 bits per heavy atom. The predicted molar refractivity (Wildman–Crippen MR) is 82.2 cm³/mol. The first-order valence-electron chi connectivity index (χ1n) is 5.74. The third-order valence-electron chi connectivity index (χ3n) is 1.47. The average Bonchev–Trinajstić information content (AvgIpc) is 2.46. The zero-order chi connectivity index (χ0) is 19.1. The number of methoxy groups -OCH3 is 1. The number of rotatable bonds is 6. The van der Waals surface area contributed by atoms with Gasteiger partial charge in [-0.25, -0.2) is 14.4 Å². The Hall–Kier alpha value is -2.46. The molecule has 0 heterocycles. The summed E-state index contributed by atoms with van der Waals surface area (Å²) in [4.78, 5) is 29.7. The van der Waals surface area contributed by atoms with Crippen LogP contribution in [0.1, 0.15) is 6.92 Å². The number of hydrogen-bond donors (Lipinski definition) is 2. The van der Waals surface area contributed by atoms with Gasteiger partial charge in [-0.05, 0) is 6.92 Å². The van der Waals surface area contributed by atoms with Crippen LogP contribution >= 0.6 is 0 Å². The van der Waals surface area contributed by atoms with E-state index in [1.807, 2.05) is 0 Å². The van der Waals surface area contributed by atoms with Crippen LogP contribution in [0.5, 0.6) is 0 Å². The smallest absolute Gasteiger partial charge is 0.333 e. The van der Waals surface area contributed by atoms with Crippen molar-refractivity contribution < 1.29 is 41.9 Å². The van der Waals surface area contributed by atoms with Crippen molar-refractivity contribution in [2.45, 2.75) is 6.92 Å². The molecule has 132 valence electrons. The summed E-state index contributed by atoms with van der Waals surface area (Å²) in [6, 6.07) is 0. The van der Waals surface area contributed by atoms with Crippen molar-refractivity contribution in [1.82, 2.24) is 0 Å². The minimum Gasteiger partial charge on any atom is -0.478 e. The number of carboxylic acid groups (broad SMARTS) is 1. The molecule has 0 aliphatic carbocycles. The van der Waals surface area contributed by atoms with Crippen molar-refractivity contribution in [3.8, 4) is 0 Å². The Kier molecular flexibility index (Phi) is 16.0. The molecule has 10 heteroatoms. The number of carboxylic acids is 1. The summed E-state index contributed by atoms with van der Waals surface area (Å²) in [5.41, 5.74) is 0.185. The first kappa shape index (κ1) is 25.5. The third kappa shape index (κ3) is 28.4. The quantitative estimate of drug-likeness (QED) is 0.398. The summed E-state index contributed by atoms with van der Waals surface area (Å²) < 4.78 is 37.0. The molecule has 0 fully saturated rings. The van der Waals surface area contributed by atoms with Crippen LogP contribution < -0.4 is 0 Å². The van der Waals surface area contributed by atoms with Crippen LogP contribution in [0.3, 0.4) is 0 Å². The first-order chi connectivity index (χ1) is 10.4. The summed E-state index contributed by atoms with van der Waals surface area (Å²) in [5.74, 6) is -2.63. The molecule has 0 saturated heterocycles. The summed E-state index contributed by atoms with van der Waals surface area (Å²) in [5, 5.41) is 7.60. The van der Waals surface area contributed by atoms with Crippen molar-refractivity contribution >= 4 is 28.0 Å². The summed E-state index contributed by atoms with van der Waals surface area (Å²) >= 11 is 0. The molecular weight excluding hydrogens is 332 g/mol. The molecule has 0 atom stereocenters. The molecule has 23 heavy (non-hydrogen) atoms. The molecule has 0 radical (unpaired) electrons. The number of esters is 2. The Balaban J connectivity index is -0.000000303. The Morgan fingerprint density at radius 1 is 1.17 bits per heavy atom. The van der Waals surface area contributed by atoms with E-state index < -0.39 is 33.8 Å². The van der Waals surface area contributed by atoms with E-state index in [0.717, 1.165) is 12.2 Å². The topological polar surface area (TPSA) is 144 Å². The van der Waals surface area contributed by atoms with Crippen LogP contribution in [-0.2, 0) is 34.0 Å². The zero-order valence-electron chi connectivity index (χ0n) is 12.9. The summed E-state index contributed by atoms with van der Waals surface area (Å²) in [6.07, 6.45) is 1.94. The van der Waals surface area contributed by atoms with Gasteiger partial charge in [0, 0.05) is 17.7 Å². The molecule has 0 spiro atoms. The normalized spacial score (nSPS) is 8.83. The zero-order valence-corrected chi connectivity index (χ0v) is 13.7. The van der Waals surface area contributed by atoms with Crippen LogP contribution in [0.4, 0.5) is 0 Å². The molecule has 9 nitrogen and oxygen atoms in total. The van der Waals surface area contributed by atoms with Gasteiger partial charge in [-0.3, -0.25) is 4.55 Å². The molecule has 0 aliphatic rings. The van der Waals surface area contributed by atoms with Crippen molar-refractivity contribution in [3.05, 3.63) is 37.5 Å². The molecule has 0 aliphatic heterocycles. The molecule has 0 aromatic rings. The highest BCUT2D eigenvalue weighted by Gasteiger charge is 2.07. The van der Waals surface area contributed by atoms with E-state index in [-0.39, 0.29) is 12.2 Å². The van der Waals surface area contributed by atoms with E-state index in [0.29, 0.717) is 0 Å². The highest BCUT2D eigenvalue weighted by Crippen LogP contribution is 1.92. The van der Waals surface area contributed by atoms with E-state index in [4.69, 9.17) is 9.66 Å². The van der Waals surface area contributed by atoms with E-state index in [1.54, 1.807) is 0 Å². The fourth-order valence-corrected chi connectivity index (χ4v) is 0.740. The van der Waals surface area contributed by atoms with E-state index >= 15 is 0 Å². The lowest BCUT2D eigenvalue weighted by atomic mass is 10.4. The Labute approximate surface area is 134 Å². The number of carbonyl (C=O) groups is 3. The standard InChI is InChI=1S/C6H10O5S.C4H6O2.C3H4O2/c1-5(2)6(7)11-3-4-12(8,9)10;1-3-4(5)6-2;1-2-3(4)5/h1,3-4H2,2H3,(H,8,9,10);3H,1H2,2H3;2H,1H2,(H,4,5). The number of hydrogen-bond acceptors (Lipinski definition) is 7. The molecule has 0 bridgehead atoms. The molecule has 2 N–H and O–H groups in total. The van der Waals surface area contributed by atoms with Crippen molar-refractivity contribution in [2.75, 3.05) is 19.5 Å². The number of aliphatic carboxylic acids is 1. The molecule has 0 saturated carbocycles. The van der Waals surface area contributed by atoms with Gasteiger partial charge in [0.2, 0.25) is 0 Å². The van der Waals surface area contributed by atoms with Gasteiger partial charge in [-0.15, -0.1) is 0 Å². The van der Waals surface area contributed by atoms with Crippen molar-refractivity contribution in [2.24, 2.45) is 0 Å². The van der Waals surface area contributed by atoms with Gasteiger partial charge in [0.25, 0.3) is 10.1 Å². The highest BCUT2D eigenvalue weighted by molar-refractivity contribution is 7.85. The monoisotopic (exact) mass is 352 g/mol. The van der Waals surface area contributed by atoms with Crippen molar-refractivity contribution in [3.63, 3.8) is 0 Å². The molecular formula is C13H20O9S. The molecule has 0 rings (SSSR count). The maximum absolute atomic E-state index is 10.6. The maximum atomic E-state index is 10.6. The summed E-state index contributed by atoms with van der Waals surface area (Å²) in [6.45, 7) is 10.5. The predicted octanol–water partition coefficient (Wildman–Crippen LogP) is 0.596. The van der Waals surface area contributed by atoms with Gasteiger partial charge in [0.15, 0.2) is 0 Å². The first-order valence-corrected chi connectivity index (χ1v) is 7.35.